The maximum absolute atomic E-state index is 10.8. The number of anilines is 2. The van der Waals surface area contributed by atoms with Crippen LogP contribution in [-0.2, 0) is 4.79 Å². The molecule has 0 saturated carbocycles. The molecule has 0 atom stereocenters. The number of hydrogen-bond donors (Lipinski definition) is 2. The predicted molar refractivity (Wildman–Crippen MR) is 107 cm³/mol. The zero-order valence-corrected chi connectivity index (χ0v) is 14.0. The maximum atomic E-state index is 10.8. The highest BCUT2D eigenvalue weighted by Gasteiger charge is 2.08. The van der Waals surface area contributed by atoms with Gasteiger partial charge in [0.2, 0.25) is 5.91 Å². The highest BCUT2D eigenvalue weighted by Crippen LogP contribution is 2.32. The van der Waals surface area contributed by atoms with Crippen LogP contribution in [0, 0.1) is 0 Å². The number of rotatable bonds is 4. The smallest absolute Gasteiger partial charge is 0.241 e. The summed E-state index contributed by atoms with van der Waals surface area (Å²) in [6.45, 7) is 0. The minimum Gasteiger partial charge on any atom is -0.366 e. The van der Waals surface area contributed by atoms with Crippen LogP contribution in [0.1, 0.15) is 5.56 Å². The summed E-state index contributed by atoms with van der Waals surface area (Å²) in [5.74, 6) is -0.457. The molecule has 0 aliphatic carbocycles. The maximum Gasteiger partial charge on any atom is 0.241 e. The van der Waals surface area contributed by atoms with Gasteiger partial charge in [-0.05, 0) is 35.9 Å². The zero-order valence-electron chi connectivity index (χ0n) is 14.0. The van der Waals surface area contributed by atoms with E-state index in [1.54, 1.807) is 6.08 Å². The number of aromatic nitrogens is 1. The van der Waals surface area contributed by atoms with Crippen LogP contribution in [0.25, 0.3) is 27.9 Å². The Labute approximate surface area is 151 Å². The lowest BCUT2D eigenvalue weighted by Gasteiger charge is -2.13. The molecule has 26 heavy (non-hydrogen) atoms. The third-order valence-corrected chi connectivity index (χ3v) is 4.21. The number of carbonyl (C=O) groups excluding carboxylic acids is 1. The number of amides is 1. The van der Waals surface area contributed by atoms with Crippen LogP contribution in [-0.4, -0.2) is 10.9 Å². The first-order valence-electron chi connectivity index (χ1n) is 8.33. The lowest BCUT2D eigenvalue weighted by molar-refractivity contribution is -0.113. The molecule has 0 unspecified atom stereocenters. The molecular formula is C22H17N3O. The Morgan fingerprint density at radius 1 is 0.846 bits per heavy atom. The molecule has 0 radical (unpaired) electrons. The van der Waals surface area contributed by atoms with Crippen molar-refractivity contribution in [1.82, 2.24) is 4.98 Å². The van der Waals surface area contributed by atoms with Crippen molar-refractivity contribution in [3.8, 4) is 0 Å². The van der Waals surface area contributed by atoms with Crippen LogP contribution in [0.5, 0.6) is 0 Å². The number of nitrogens with one attached hydrogen (secondary N) is 1. The number of hydrogen-bond acceptors (Lipinski definition) is 3. The fraction of sp³-hybridized carbons (Fsp3) is 0. The van der Waals surface area contributed by atoms with Gasteiger partial charge in [-0.3, -0.25) is 4.79 Å². The molecule has 0 bridgehead atoms. The lowest BCUT2D eigenvalue weighted by atomic mass is 10.1. The van der Waals surface area contributed by atoms with E-state index in [0.29, 0.717) is 0 Å². The van der Waals surface area contributed by atoms with Gasteiger partial charge in [0.15, 0.2) is 0 Å². The summed E-state index contributed by atoms with van der Waals surface area (Å²) in [6, 6.07) is 24.0. The monoisotopic (exact) mass is 339 g/mol. The first kappa shape index (κ1) is 15.8. The van der Waals surface area contributed by atoms with E-state index in [9.17, 15) is 4.79 Å². The van der Waals surface area contributed by atoms with Gasteiger partial charge < -0.3 is 11.1 Å². The van der Waals surface area contributed by atoms with E-state index in [1.165, 1.54) is 6.08 Å². The van der Waals surface area contributed by atoms with E-state index >= 15 is 0 Å². The summed E-state index contributed by atoms with van der Waals surface area (Å²) in [5.41, 5.74) is 9.95. The van der Waals surface area contributed by atoms with Gasteiger partial charge in [0.25, 0.3) is 0 Å². The van der Waals surface area contributed by atoms with Gasteiger partial charge in [0.1, 0.15) is 0 Å². The van der Waals surface area contributed by atoms with Crippen LogP contribution >= 0.6 is 0 Å². The highest BCUT2D eigenvalue weighted by molar-refractivity contribution is 6.08. The molecule has 4 nitrogen and oxygen atoms in total. The van der Waals surface area contributed by atoms with Crippen LogP contribution in [0.3, 0.4) is 0 Å². The van der Waals surface area contributed by atoms with Crippen molar-refractivity contribution in [3.63, 3.8) is 0 Å². The molecule has 4 rings (SSSR count). The van der Waals surface area contributed by atoms with Crippen LogP contribution in [0.2, 0.25) is 0 Å². The van der Waals surface area contributed by atoms with Crippen molar-refractivity contribution in [2.75, 3.05) is 5.32 Å². The van der Waals surface area contributed by atoms with Crippen molar-refractivity contribution >= 4 is 45.2 Å². The van der Waals surface area contributed by atoms with E-state index in [0.717, 1.165) is 38.7 Å². The second kappa shape index (κ2) is 6.69. The average Bonchev–Trinajstić information content (AvgIpc) is 2.67. The molecule has 1 heterocycles. The number of para-hydroxylation sites is 2. The number of benzene rings is 3. The summed E-state index contributed by atoms with van der Waals surface area (Å²) in [7, 11) is 0. The standard InChI is InChI=1S/C22H17N3O/c23-21(26)14-11-15-9-12-16(13-10-15)24-22-17-5-1-3-7-19(17)25-20-8-4-2-6-18(20)22/h1-14H,(H2,23,26)(H,24,25)/b14-11+. The Kier molecular flexibility index (Phi) is 4.07. The van der Waals surface area contributed by atoms with Crippen LogP contribution < -0.4 is 11.1 Å². The Morgan fingerprint density at radius 2 is 1.42 bits per heavy atom. The van der Waals surface area contributed by atoms with Gasteiger partial charge in [0.05, 0.1) is 16.7 Å². The molecule has 0 spiro atoms. The third kappa shape index (κ3) is 3.13. The number of carbonyl (C=O) groups is 1. The summed E-state index contributed by atoms with van der Waals surface area (Å²) in [6.07, 6.45) is 3.05. The molecule has 4 heteroatoms. The SMILES string of the molecule is NC(=O)/C=C/c1ccc(Nc2c3ccccc3nc3ccccc23)cc1. The van der Waals surface area contributed by atoms with Crippen LogP contribution in [0.4, 0.5) is 11.4 Å². The van der Waals surface area contributed by atoms with Crippen molar-refractivity contribution in [1.29, 1.82) is 0 Å². The molecule has 1 amide bonds. The van der Waals surface area contributed by atoms with Gasteiger partial charge in [-0.15, -0.1) is 0 Å². The topological polar surface area (TPSA) is 68.0 Å². The second-order valence-corrected chi connectivity index (χ2v) is 6.00. The van der Waals surface area contributed by atoms with E-state index in [-0.39, 0.29) is 0 Å². The van der Waals surface area contributed by atoms with E-state index in [4.69, 9.17) is 10.7 Å². The quantitative estimate of drug-likeness (QED) is 0.421. The molecule has 3 aromatic carbocycles. The molecule has 3 N–H and O–H groups in total. The number of fused-ring (bicyclic) bond motifs is 2. The van der Waals surface area contributed by atoms with Crippen molar-refractivity contribution < 1.29 is 4.79 Å². The summed E-state index contributed by atoms with van der Waals surface area (Å²) in [4.78, 5) is 15.6. The predicted octanol–water partition coefficient (Wildman–Crippen LogP) is 4.63. The molecular weight excluding hydrogens is 322 g/mol. The first-order chi connectivity index (χ1) is 12.7. The largest absolute Gasteiger partial charge is 0.366 e. The normalized spacial score (nSPS) is 11.2. The first-order valence-corrected chi connectivity index (χ1v) is 8.33. The molecule has 0 aliphatic heterocycles. The molecule has 0 fully saturated rings. The van der Waals surface area contributed by atoms with Crippen molar-refractivity contribution in [2.24, 2.45) is 5.73 Å². The van der Waals surface area contributed by atoms with Gasteiger partial charge in [-0.25, -0.2) is 4.98 Å². The van der Waals surface area contributed by atoms with Crippen LogP contribution in [0.15, 0.2) is 78.9 Å². The summed E-state index contributed by atoms with van der Waals surface area (Å²) in [5, 5.41) is 5.67. The van der Waals surface area contributed by atoms with Gasteiger partial charge in [-0.1, -0.05) is 48.5 Å². The zero-order chi connectivity index (χ0) is 17.9. The highest BCUT2D eigenvalue weighted by atomic mass is 16.1. The summed E-state index contributed by atoms with van der Waals surface area (Å²) < 4.78 is 0. The average molecular weight is 339 g/mol. The fourth-order valence-electron chi connectivity index (χ4n) is 2.97. The molecule has 4 aromatic rings. The van der Waals surface area contributed by atoms with Gasteiger partial charge in [-0.2, -0.15) is 0 Å². The van der Waals surface area contributed by atoms with Gasteiger partial charge >= 0.3 is 0 Å². The molecule has 0 saturated heterocycles. The second-order valence-electron chi connectivity index (χ2n) is 6.00. The Bertz CT molecular complexity index is 1080. The molecule has 0 aliphatic rings. The third-order valence-electron chi connectivity index (χ3n) is 4.21. The number of nitrogens with two attached hydrogens (primary N) is 1. The number of nitrogens with zero attached hydrogens (tertiary/aromatic N) is 1. The van der Waals surface area contributed by atoms with E-state index < -0.39 is 5.91 Å². The van der Waals surface area contributed by atoms with E-state index in [2.05, 4.69) is 17.4 Å². The van der Waals surface area contributed by atoms with Gasteiger partial charge in [0, 0.05) is 22.5 Å². The fourth-order valence-corrected chi connectivity index (χ4v) is 2.97. The Morgan fingerprint density at radius 3 is 2.00 bits per heavy atom. The molecule has 126 valence electrons. The minimum absolute atomic E-state index is 0.457. The lowest BCUT2D eigenvalue weighted by Crippen LogP contribution is -2.05. The van der Waals surface area contributed by atoms with Crippen molar-refractivity contribution in [3.05, 3.63) is 84.4 Å². The molecule has 1 aromatic heterocycles. The summed E-state index contributed by atoms with van der Waals surface area (Å²) >= 11 is 0. The number of pyridine rings is 1. The Balaban J connectivity index is 1.77. The number of primary amides is 1. The Hall–Kier alpha value is -3.66. The minimum atomic E-state index is -0.457. The van der Waals surface area contributed by atoms with E-state index in [1.807, 2.05) is 60.7 Å². The van der Waals surface area contributed by atoms with Crippen molar-refractivity contribution in [2.45, 2.75) is 0 Å².